The third-order valence-corrected chi connectivity index (χ3v) is 6.26. The summed E-state index contributed by atoms with van der Waals surface area (Å²) in [5, 5.41) is 3.06. The molecule has 3 aromatic rings. The standard InChI is InChI=1S/C28H28N2O2/c31-28(24-10-8-23(9-11-24)22-4-2-1-3-5-22)29-27-13-12-25-18-21(6-7-26(25)19-27)20-30-14-16-32-17-15-30/h1-5,8-13,18-19H,6-7,14-17,20H2,(H,29,31). The summed E-state index contributed by atoms with van der Waals surface area (Å²) in [5.74, 6) is -0.0797. The molecule has 1 aliphatic heterocycles. The molecule has 0 bridgehead atoms. The van der Waals surface area contributed by atoms with Gasteiger partial charge in [0.15, 0.2) is 0 Å². The van der Waals surface area contributed by atoms with Crippen molar-refractivity contribution in [1.82, 2.24) is 4.90 Å². The summed E-state index contributed by atoms with van der Waals surface area (Å²) in [7, 11) is 0. The minimum atomic E-state index is -0.0797. The van der Waals surface area contributed by atoms with Gasteiger partial charge in [0.25, 0.3) is 5.91 Å². The van der Waals surface area contributed by atoms with Gasteiger partial charge in [-0.1, -0.05) is 60.2 Å². The van der Waals surface area contributed by atoms with E-state index in [0.717, 1.165) is 62.5 Å². The Kier molecular flexibility index (Phi) is 6.15. The Morgan fingerprint density at radius 2 is 1.62 bits per heavy atom. The van der Waals surface area contributed by atoms with Gasteiger partial charge < -0.3 is 10.1 Å². The number of morpholine rings is 1. The van der Waals surface area contributed by atoms with Crippen LogP contribution in [0.2, 0.25) is 0 Å². The molecule has 0 saturated carbocycles. The van der Waals surface area contributed by atoms with Crippen LogP contribution in [-0.4, -0.2) is 43.7 Å². The normalized spacial score (nSPS) is 16.2. The van der Waals surface area contributed by atoms with Gasteiger partial charge in [0, 0.05) is 30.9 Å². The number of rotatable bonds is 5. The van der Waals surface area contributed by atoms with E-state index in [2.05, 4.69) is 40.6 Å². The molecule has 5 rings (SSSR count). The largest absolute Gasteiger partial charge is 0.379 e. The van der Waals surface area contributed by atoms with Crippen LogP contribution in [0.25, 0.3) is 17.2 Å². The fourth-order valence-corrected chi connectivity index (χ4v) is 4.45. The Balaban J connectivity index is 1.24. The fraction of sp³-hybridized carbons (Fsp3) is 0.250. The fourth-order valence-electron chi connectivity index (χ4n) is 4.45. The molecule has 4 nitrogen and oxygen atoms in total. The average molecular weight is 425 g/mol. The minimum absolute atomic E-state index is 0.0797. The van der Waals surface area contributed by atoms with E-state index in [9.17, 15) is 4.79 Å². The molecule has 1 N–H and O–H groups in total. The minimum Gasteiger partial charge on any atom is -0.379 e. The molecular formula is C28H28N2O2. The second-order valence-electron chi connectivity index (χ2n) is 8.50. The summed E-state index contributed by atoms with van der Waals surface area (Å²) in [6.07, 6.45) is 4.41. The predicted molar refractivity (Wildman–Crippen MR) is 130 cm³/mol. The molecule has 3 aromatic carbocycles. The smallest absolute Gasteiger partial charge is 0.255 e. The van der Waals surface area contributed by atoms with Crippen molar-refractivity contribution < 1.29 is 9.53 Å². The summed E-state index contributed by atoms with van der Waals surface area (Å²) in [6, 6.07) is 24.2. The number of nitrogens with one attached hydrogen (secondary N) is 1. The molecule has 0 unspecified atom stereocenters. The summed E-state index contributed by atoms with van der Waals surface area (Å²) in [4.78, 5) is 15.2. The van der Waals surface area contributed by atoms with Crippen LogP contribution in [0.3, 0.4) is 0 Å². The van der Waals surface area contributed by atoms with Crippen LogP contribution >= 0.6 is 0 Å². The van der Waals surface area contributed by atoms with Crippen LogP contribution in [-0.2, 0) is 11.2 Å². The number of carbonyl (C=O) groups is 1. The van der Waals surface area contributed by atoms with E-state index in [4.69, 9.17) is 4.74 Å². The Morgan fingerprint density at radius 3 is 2.41 bits per heavy atom. The lowest BCUT2D eigenvalue weighted by Crippen LogP contribution is -2.37. The number of anilines is 1. The molecule has 32 heavy (non-hydrogen) atoms. The summed E-state index contributed by atoms with van der Waals surface area (Å²) < 4.78 is 5.45. The zero-order valence-corrected chi connectivity index (χ0v) is 18.2. The van der Waals surface area contributed by atoms with Gasteiger partial charge in [0.05, 0.1) is 13.2 Å². The highest BCUT2D eigenvalue weighted by Crippen LogP contribution is 2.27. The lowest BCUT2D eigenvalue weighted by atomic mass is 9.91. The van der Waals surface area contributed by atoms with Crippen molar-refractivity contribution >= 4 is 17.7 Å². The van der Waals surface area contributed by atoms with Crippen molar-refractivity contribution in [3.63, 3.8) is 0 Å². The Labute approximate surface area is 189 Å². The van der Waals surface area contributed by atoms with Gasteiger partial charge in [0.1, 0.15) is 0 Å². The lowest BCUT2D eigenvalue weighted by Gasteiger charge is -2.29. The highest BCUT2D eigenvalue weighted by Gasteiger charge is 2.16. The molecule has 1 saturated heterocycles. The number of hydrogen-bond donors (Lipinski definition) is 1. The van der Waals surface area contributed by atoms with Gasteiger partial charge in [-0.2, -0.15) is 0 Å². The van der Waals surface area contributed by atoms with E-state index in [1.54, 1.807) is 0 Å². The van der Waals surface area contributed by atoms with Crippen LogP contribution in [0.1, 0.15) is 27.9 Å². The Morgan fingerprint density at radius 1 is 0.875 bits per heavy atom. The first kappa shape index (κ1) is 20.7. The second-order valence-corrected chi connectivity index (χ2v) is 8.50. The molecule has 1 aliphatic carbocycles. The number of ether oxygens (including phenoxy) is 1. The first-order chi connectivity index (χ1) is 15.7. The maximum Gasteiger partial charge on any atom is 0.255 e. The van der Waals surface area contributed by atoms with E-state index >= 15 is 0 Å². The maximum atomic E-state index is 12.8. The summed E-state index contributed by atoms with van der Waals surface area (Å²) >= 11 is 0. The van der Waals surface area contributed by atoms with E-state index in [1.165, 1.54) is 16.7 Å². The highest BCUT2D eigenvalue weighted by atomic mass is 16.5. The number of hydrogen-bond acceptors (Lipinski definition) is 3. The van der Waals surface area contributed by atoms with Crippen molar-refractivity contribution in [3.05, 3.63) is 95.1 Å². The Hall–Kier alpha value is -3.21. The molecule has 162 valence electrons. The zero-order valence-electron chi connectivity index (χ0n) is 18.2. The maximum absolute atomic E-state index is 12.8. The molecule has 2 aliphatic rings. The van der Waals surface area contributed by atoms with Gasteiger partial charge in [-0.05, 0) is 59.4 Å². The van der Waals surface area contributed by atoms with Crippen LogP contribution in [0, 0.1) is 0 Å². The van der Waals surface area contributed by atoms with Crippen molar-refractivity contribution in [2.24, 2.45) is 0 Å². The zero-order chi connectivity index (χ0) is 21.8. The third kappa shape index (κ3) is 4.82. The number of aryl methyl sites for hydroxylation is 1. The van der Waals surface area contributed by atoms with E-state index in [1.807, 2.05) is 48.5 Å². The first-order valence-electron chi connectivity index (χ1n) is 11.3. The Bertz CT molecular complexity index is 1110. The number of carbonyl (C=O) groups excluding carboxylic acids is 1. The van der Waals surface area contributed by atoms with Crippen molar-refractivity contribution in [2.75, 3.05) is 38.2 Å². The SMILES string of the molecule is O=C(Nc1ccc2c(c1)CCC(CN1CCOCC1)=C2)c1ccc(-c2ccccc2)cc1. The second kappa shape index (κ2) is 9.51. The van der Waals surface area contributed by atoms with E-state index in [-0.39, 0.29) is 5.91 Å². The molecule has 0 spiro atoms. The number of amides is 1. The highest BCUT2D eigenvalue weighted by molar-refractivity contribution is 6.04. The molecule has 4 heteroatoms. The quantitative estimate of drug-likeness (QED) is 0.607. The summed E-state index contributed by atoms with van der Waals surface area (Å²) in [5.41, 5.74) is 7.82. The van der Waals surface area contributed by atoms with Gasteiger partial charge in [-0.3, -0.25) is 9.69 Å². The van der Waals surface area contributed by atoms with Crippen molar-refractivity contribution in [2.45, 2.75) is 12.8 Å². The molecule has 0 aromatic heterocycles. The monoisotopic (exact) mass is 424 g/mol. The van der Waals surface area contributed by atoms with Crippen LogP contribution in [0.15, 0.2) is 78.4 Å². The van der Waals surface area contributed by atoms with E-state index in [0.29, 0.717) is 5.56 Å². The molecular weight excluding hydrogens is 396 g/mol. The van der Waals surface area contributed by atoms with Crippen molar-refractivity contribution in [1.29, 1.82) is 0 Å². The number of benzene rings is 3. The molecule has 1 heterocycles. The average Bonchev–Trinajstić information content (AvgIpc) is 2.85. The summed E-state index contributed by atoms with van der Waals surface area (Å²) in [6.45, 7) is 4.73. The van der Waals surface area contributed by atoms with Crippen LogP contribution in [0.4, 0.5) is 5.69 Å². The molecule has 1 fully saturated rings. The van der Waals surface area contributed by atoms with Gasteiger partial charge in [0.2, 0.25) is 0 Å². The van der Waals surface area contributed by atoms with Crippen LogP contribution < -0.4 is 5.32 Å². The van der Waals surface area contributed by atoms with Gasteiger partial charge >= 0.3 is 0 Å². The van der Waals surface area contributed by atoms with E-state index < -0.39 is 0 Å². The molecule has 0 atom stereocenters. The van der Waals surface area contributed by atoms with Crippen molar-refractivity contribution in [3.8, 4) is 11.1 Å². The van der Waals surface area contributed by atoms with Gasteiger partial charge in [-0.15, -0.1) is 0 Å². The number of fused-ring (bicyclic) bond motifs is 1. The first-order valence-corrected chi connectivity index (χ1v) is 11.3. The molecule has 0 radical (unpaired) electrons. The van der Waals surface area contributed by atoms with Crippen LogP contribution in [0.5, 0.6) is 0 Å². The lowest BCUT2D eigenvalue weighted by molar-refractivity contribution is 0.0420. The topological polar surface area (TPSA) is 41.6 Å². The molecule has 1 amide bonds. The predicted octanol–water partition coefficient (Wildman–Crippen LogP) is 5.27. The number of nitrogens with zero attached hydrogens (tertiary/aromatic N) is 1. The van der Waals surface area contributed by atoms with Gasteiger partial charge in [-0.25, -0.2) is 0 Å². The third-order valence-electron chi connectivity index (χ3n) is 6.26.